The lowest BCUT2D eigenvalue weighted by Crippen LogP contribution is -2.58. The highest BCUT2D eigenvalue weighted by molar-refractivity contribution is 6.74. The van der Waals surface area contributed by atoms with Crippen LogP contribution in [0.2, 0.25) is 18.1 Å². The summed E-state index contributed by atoms with van der Waals surface area (Å²) >= 11 is 0. The van der Waals surface area contributed by atoms with Crippen LogP contribution in [0.25, 0.3) is 0 Å². The van der Waals surface area contributed by atoms with E-state index in [1.54, 1.807) is 0 Å². The average Bonchev–Trinajstić information content (AvgIpc) is 2.54. The zero-order valence-electron chi connectivity index (χ0n) is 17.5. The first-order chi connectivity index (χ1) is 11.9. The maximum Gasteiger partial charge on any atom is 0.254 e. The molecule has 0 aromatic heterocycles. The Morgan fingerprint density at radius 3 is 2.42 bits per heavy atom. The summed E-state index contributed by atoms with van der Waals surface area (Å²) in [6.07, 6.45) is 0.807. The molecule has 1 saturated heterocycles. The summed E-state index contributed by atoms with van der Waals surface area (Å²) < 4.78 is 12.2. The van der Waals surface area contributed by atoms with Crippen LogP contribution in [0, 0.1) is 0 Å². The van der Waals surface area contributed by atoms with Crippen molar-refractivity contribution in [2.24, 2.45) is 0 Å². The third-order valence-electron chi connectivity index (χ3n) is 5.77. The number of carbonyl (C=O) groups is 1. The van der Waals surface area contributed by atoms with E-state index >= 15 is 0 Å². The molecule has 1 aliphatic rings. The smallest absolute Gasteiger partial charge is 0.254 e. The molecule has 2 rings (SSSR count). The summed E-state index contributed by atoms with van der Waals surface area (Å²) in [7, 11) is -1.78. The third-order valence-corrected chi connectivity index (χ3v) is 10.3. The summed E-state index contributed by atoms with van der Waals surface area (Å²) in [5, 5.41) is 0.192. The van der Waals surface area contributed by atoms with Gasteiger partial charge in [0.15, 0.2) is 8.32 Å². The predicted molar refractivity (Wildman–Crippen MR) is 109 cm³/mol. The van der Waals surface area contributed by atoms with E-state index in [0.717, 1.165) is 12.0 Å². The predicted octanol–water partition coefficient (Wildman–Crippen LogP) is 4.60. The Bertz CT molecular complexity index is 607. The largest absolute Gasteiger partial charge is 0.417 e. The van der Waals surface area contributed by atoms with E-state index in [9.17, 15) is 4.79 Å². The van der Waals surface area contributed by atoms with Crippen molar-refractivity contribution < 1.29 is 14.0 Å². The molecule has 26 heavy (non-hydrogen) atoms. The third kappa shape index (κ3) is 4.96. The van der Waals surface area contributed by atoms with Gasteiger partial charge in [-0.25, -0.2) is 0 Å². The van der Waals surface area contributed by atoms with E-state index in [2.05, 4.69) is 46.0 Å². The molecule has 0 radical (unpaired) electrons. The van der Waals surface area contributed by atoms with Crippen molar-refractivity contribution in [2.75, 3.05) is 13.2 Å². The zero-order chi connectivity index (χ0) is 19.6. The second kappa shape index (κ2) is 7.83. The molecule has 1 heterocycles. The Balaban J connectivity index is 2.06. The van der Waals surface area contributed by atoms with Crippen LogP contribution in [0.3, 0.4) is 0 Å². The molecule has 0 saturated carbocycles. The van der Waals surface area contributed by atoms with E-state index in [-0.39, 0.29) is 17.0 Å². The number of ether oxygens (including phenoxy) is 1. The monoisotopic (exact) mass is 377 g/mol. The summed E-state index contributed by atoms with van der Waals surface area (Å²) in [5.74, 6) is 0.0601. The molecule has 0 spiro atoms. The van der Waals surface area contributed by atoms with E-state index < -0.39 is 13.9 Å². The molecule has 1 aliphatic heterocycles. The second-order valence-electron chi connectivity index (χ2n) is 9.29. The van der Waals surface area contributed by atoms with Gasteiger partial charge in [0, 0.05) is 13.2 Å². The van der Waals surface area contributed by atoms with Crippen molar-refractivity contribution in [1.29, 1.82) is 0 Å². The molecule has 146 valence electrons. The van der Waals surface area contributed by atoms with Crippen molar-refractivity contribution in [3.8, 4) is 0 Å². The summed E-state index contributed by atoms with van der Waals surface area (Å²) in [5.41, 5.74) is 0.389. The minimum Gasteiger partial charge on any atom is -0.417 e. The normalized spacial score (nSPS) is 21.1. The Hall–Kier alpha value is -1.17. The number of rotatable bonds is 6. The number of nitrogens with zero attached hydrogens (tertiary/aromatic N) is 1. The minimum atomic E-state index is -1.78. The number of morpholine rings is 1. The fraction of sp³-hybridized carbons (Fsp3) is 0.667. The molecule has 1 aromatic carbocycles. The van der Waals surface area contributed by atoms with Gasteiger partial charge in [-0.2, -0.15) is 0 Å². The van der Waals surface area contributed by atoms with Gasteiger partial charge in [-0.05, 0) is 44.0 Å². The van der Waals surface area contributed by atoms with E-state index in [4.69, 9.17) is 9.16 Å². The molecule has 1 fully saturated rings. The molecular formula is C21H35NO3Si. The van der Waals surface area contributed by atoms with Gasteiger partial charge < -0.3 is 14.1 Å². The lowest BCUT2D eigenvalue weighted by atomic mass is 10.0. The highest BCUT2D eigenvalue weighted by Gasteiger charge is 2.42. The standard InChI is InChI=1S/C21H35NO3Si/c1-20(2,3)26(6,7)25-14-13-18-16-24-21(4,5)19(23)22(18)15-17-11-9-8-10-12-17/h8-12,18H,13-16H2,1-7H3/t18-/m1/s1. The summed E-state index contributed by atoms with van der Waals surface area (Å²) in [4.78, 5) is 14.9. The van der Waals surface area contributed by atoms with Crippen LogP contribution in [0.1, 0.15) is 46.6 Å². The first-order valence-corrected chi connectivity index (χ1v) is 12.5. The number of carbonyl (C=O) groups excluding carboxylic acids is 1. The topological polar surface area (TPSA) is 38.8 Å². The van der Waals surface area contributed by atoms with Gasteiger partial charge >= 0.3 is 0 Å². The molecule has 1 amide bonds. The van der Waals surface area contributed by atoms with Gasteiger partial charge in [-0.1, -0.05) is 51.1 Å². The maximum atomic E-state index is 12.9. The SMILES string of the molecule is CC1(C)OC[C@@H](CCO[Si](C)(C)C(C)(C)C)N(Cc2ccccc2)C1=O. The van der Waals surface area contributed by atoms with Crippen LogP contribution in [0.15, 0.2) is 30.3 Å². The van der Waals surface area contributed by atoms with E-state index in [1.165, 1.54) is 0 Å². The molecular weight excluding hydrogens is 342 g/mol. The van der Waals surface area contributed by atoms with Crippen LogP contribution in [-0.2, 0) is 20.5 Å². The molecule has 0 bridgehead atoms. The molecule has 1 aromatic rings. The van der Waals surface area contributed by atoms with Gasteiger partial charge in [0.2, 0.25) is 0 Å². The molecule has 4 nitrogen and oxygen atoms in total. The van der Waals surface area contributed by atoms with Gasteiger partial charge in [0.25, 0.3) is 5.91 Å². The van der Waals surface area contributed by atoms with Crippen molar-refractivity contribution in [3.05, 3.63) is 35.9 Å². The van der Waals surface area contributed by atoms with Crippen LogP contribution >= 0.6 is 0 Å². The average molecular weight is 378 g/mol. The molecule has 0 N–H and O–H groups in total. The van der Waals surface area contributed by atoms with Crippen LogP contribution in [-0.4, -0.2) is 44.0 Å². The van der Waals surface area contributed by atoms with E-state index in [1.807, 2.05) is 36.9 Å². The number of hydrogen-bond donors (Lipinski definition) is 0. The van der Waals surface area contributed by atoms with Crippen molar-refractivity contribution >= 4 is 14.2 Å². The fourth-order valence-corrected chi connectivity index (χ4v) is 3.92. The van der Waals surface area contributed by atoms with Crippen LogP contribution in [0.5, 0.6) is 0 Å². The highest BCUT2D eigenvalue weighted by atomic mass is 28.4. The van der Waals surface area contributed by atoms with Crippen LogP contribution < -0.4 is 0 Å². The summed E-state index contributed by atoms with van der Waals surface area (Å²) in [6.45, 7) is 16.8. The number of benzene rings is 1. The first kappa shape index (κ1) is 21.1. The number of hydrogen-bond acceptors (Lipinski definition) is 3. The Morgan fingerprint density at radius 2 is 1.85 bits per heavy atom. The lowest BCUT2D eigenvalue weighted by Gasteiger charge is -2.43. The second-order valence-corrected chi connectivity index (χ2v) is 14.1. The van der Waals surface area contributed by atoms with Gasteiger partial charge in [-0.3, -0.25) is 4.79 Å². The highest BCUT2D eigenvalue weighted by Crippen LogP contribution is 2.37. The Kier molecular flexibility index (Phi) is 6.36. The number of amides is 1. The molecule has 1 atom stereocenters. The molecule has 0 unspecified atom stereocenters. The Morgan fingerprint density at radius 1 is 1.23 bits per heavy atom. The van der Waals surface area contributed by atoms with Gasteiger partial charge in [0.1, 0.15) is 5.60 Å². The van der Waals surface area contributed by atoms with Crippen molar-refractivity contribution in [3.63, 3.8) is 0 Å². The Labute approximate surface area is 160 Å². The van der Waals surface area contributed by atoms with E-state index in [0.29, 0.717) is 19.8 Å². The first-order valence-electron chi connectivity index (χ1n) is 9.57. The fourth-order valence-electron chi connectivity index (χ4n) is 2.85. The van der Waals surface area contributed by atoms with Gasteiger partial charge in [0.05, 0.1) is 12.6 Å². The minimum absolute atomic E-state index is 0.0560. The van der Waals surface area contributed by atoms with Crippen LogP contribution in [0.4, 0.5) is 0 Å². The molecule has 0 aliphatic carbocycles. The molecule has 5 heteroatoms. The van der Waals surface area contributed by atoms with Gasteiger partial charge in [-0.15, -0.1) is 0 Å². The summed E-state index contributed by atoms with van der Waals surface area (Å²) in [6, 6.07) is 10.2. The zero-order valence-corrected chi connectivity index (χ0v) is 18.5. The van der Waals surface area contributed by atoms with Crippen molar-refractivity contribution in [1.82, 2.24) is 4.90 Å². The maximum absolute atomic E-state index is 12.9. The quantitative estimate of drug-likeness (QED) is 0.680. The van der Waals surface area contributed by atoms with Crippen molar-refractivity contribution in [2.45, 2.75) is 77.4 Å². The lowest BCUT2D eigenvalue weighted by molar-refractivity contribution is -0.175.